The normalized spacial score (nSPS) is 15.3. The van der Waals surface area contributed by atoms with Crippen molar-refractivity contribution in [2.24, 2.45) is 5.73 Å². The van der Waals surface area contributed by atoms with Crippen LogP contribution < -0.4 is 5.73 Å². The van der Waals surface area contributed by atoms with E-state index >= 15 is 0 Å². The van der Waals surface area contributed by atoms with Gasteiger partial charge in [-0.3, -0.25) is 4.52 Å². The van der Waals surface area contributed by atoms with E-state index in [2.05, 4.69) is 11.4 Å². The molecule has 0 heterocycles. The van der Waals surface area contributed by atoms with Crippen molar-refractivity contribution in [3.05, 3.63) is 12.2 Å². The number of phosphoric acid groups is 1. The number of aliphatic hydroxyl groups is 1. The van der Waals surface area contributed by atoms with Gasteiger partial charge in [0.25, 0.3) is 0 Å². The van der Waals surface area contributed by atoms with Crippen LogP contribution in [0.15, 0.2) is 12.2 Å². The number of hydrogen-bond acceptors (Lipinski definition) is 4. The summed E-state index contributed by atoms with van der Waals surface area (Å²) in [5.41, 5.74) is 5.58. The first-order chi connectivity index (χ1) is 10.4. The Kier molecular flexibility index (Phi) is 13.1. The van der Waals surface area contributed by atoms with Crippen LogP contribution in [0.3, 0.4) is 0 Å². The van der Waals surface area contributed by atoms with Crippen molar-refractivity contribution in [3.8, 4) is 0 Å². The monoisotopic (exact) mass is 337 g/mol. The van der Waals surface area contributed by atoms with Gasteiger partial charge in [0.05, 0.1) is 18.8 Å². The second-order valence-electron chi connectivity index (χ2n) is 5.63. The molecule has 0 aromatic rings. The quantitative estimate of drug-likeness (QED) is 0.220. The van der Waals surface area contributed by atoms with Gasteiger partial charge in [-0.15, -0.1) is 0 Å². The molecule has 0 aromatic heterocycles. The molecule has 0 bridgehead atoms. The first-order valence-corrected chi connectivity index (χ1v) is 9.70. The predicted molar refractivity (Wildman–Crippen MR) is 88.3 cm³/mol. The number of rotatable bonds is 14. The maximum atomic E-state index is 10.5. The molecular formula is C15H32NO5P. The molecule has 0 aromatic carbocycles. The van der Waals surface area contributed by atoms with Gasteiger partial charge in [0.15, 0.2) is 0 Å². The van der Waals surface area contributed by atoms with Gasteiger partial charge < -0.3 is 20.6 Å². The second-order valence-corrected chi connectivity index (χ2v) is 6.87. The summed E-state index contributed by atoms with van der Waals surface area (Å²) in [5, 5.41) is 9.69. The summed E-state index contributed by atoms with van der Waals surface area (Å²) in [6, 6.07) is -0.845. The average Bonchev–Trinajstić information content (AvgIpc) is 2.45. The fourth-order valence-corrected chi connectivity index (χ4v) is 2.42. The molecule has 0 aliphatic carbocycles. The fraction of sp³-hybridized carbons (Fsp3) is 0.867. The molecule has 0 saturated carbocycles. The molecule has 6 nitrogen and oxygen atoms in total. The van der Waals surface area contributed by atoms with Gasteiger partial charge in [-0.25, -0.2) is 4.57 Å². The van der Waals surface area contributed by atoms with E-state index in [1.807, 2.05) is 6.08 Å². The number of phosphoric ester groups is 1. The van der Waals surface area contributed by atoms with Gasteiger partial charge in [0.1, 0.15) is 0 Å². The molecular weight excluding hydrogens is 305 g/mol. The third-order valence-electron chi connectivity index (χ3n) is 3.43. The lowest BCUT2D eigenvalue weighted by Gasteiger charge is -2.15. The third kappa shape index (κ3) is 14.7. The number of allylic oxidation sites excluding steroid dienone is 1. The van der Waals surface area contributed by atoms with Crippen molar-refractivity contribution in [1.82, 2.24) is 0 Å². The predicted octanol–water partition coefficient (Wildman–Crippen LogP) is 2.87. The van der Waals surface area contributed by atoms with Crippen LogP contribution in [0.4, 0.5) is 0 Å². The zero-order chi connectivity index (χ0) is 16.8. The van der Waals surface area contributed by atoms with Crippen molar-refractivity contribution < 1.29 is 24.0 Å². The molecule has 132 valence electrons. The van der Waals surface area contributed by atoms with E-state index in [1.54, 1.807) is 6.08 Å². The first-order valence-electron chi connectivity index (χ1n) is 8.17. The lowest BCUT2D eigenvalue weighted by Crippen LogP contribution is -2.37. The van der Waals surface area contributed by atoms with Crippen molar-refractivity contribution in [2.75, 3.05) is 6.61 Å². The van der Waals surface area contributed by atoms with Crippen LogP contribution in [-0.4, -0.2) is 33.6 Å². The summed E-state index contributed by atoms with van der Waals surface area (Å²) in [7, 11) is -4.53. The maximum absolute atomic E-state index is 10.5. The Balaban J connectivity index is 3.56. The molecule has 2 atom stereocenters. The van der Waals surface area contributed by atoms with Gasteiger partial charge in [-0.05, 0) is 12.8 Å². The number of nitrogens with two attached hydrogens (primary N) is 1. The van der Waals surface area contributed by atoms with Crippen LogP contribution in [0.1, 0.15) is 64.7 Å². The standard InChI is InChI=1S/C15H32NO5P/c1-2-3-4-5-6-7-8-9-10-11-12-15(17)14(16)13-21-22(18,19)20/h11-12,14-15,17H,2-10,13,16H2,1H3,(H2,18,19,20)/b12-11+/t14-,15-/m0/s1. The van der Waals surface area contributed by atoms with E-state index in [0.29, 0.717) is 0 Å². The molecule has 0 amide bonds. The summed E-state index contributed by atoms with van der Waals surface area (Å²) >= 11 is 0. The molecule has 0 aliphatic heterocycles. The molecule has 0 unspecified atom stereocenters. The van der Waals surface area contributed by atoms with Crippen LogP contribution in [-0.2, 0) is 9.09 Å². The van der Waals surface area contributed by atoms with E-state index in [1.165, 1.54) is 44.9 Å². The van der Waals surface area contributed by atoms with Gasteiger partial charge in [-0.1, -0.05) is 64.0 Å². The molecule has 0 rings (SSSR count). The van der Waals surface area contributed by atoms with Gasteiger partial charge in [-0.2, -0.15) is 0 Å². The smallest absolute Gasteiger partial charge is 0.387 e. The first kappa shape index (κ1) is 21.8. The molecule has 0 aliphatic rings. The van der Waals surface area contributed by atoms with E-state index < -0.39 is 20.0 Å². The Morgan fingerprint density at radius 2 is 1.64 bits per heavy atom. The van der Waals surface area contributed by atoms with Gasteiger partial charge in [0.2, 0.25) is 0 Å². The lowest BCUT2D eigenvalue weighted by molar-refractivity contribution is 0.129. The average molecular weight is 337 g/mol. The van der Waals surface area contributed by atoms with E-state index in [4.69, 9.17) is 15.5 Å². The van der Waals surface area contributed by atoms with Crippen molar-refractivity contribution in [2.45, 2.75) is 76.9 Å². The summed E-state index contributed by atoms with van der Waals surface area (Å²) < 4.78 is 14.8. The second kappa shape index (κ2) is 13.2. The number of unbranched alkanes of at least 4 members (excludes halogenated alkanes) is 8. The Morgan fingerprint density at radius 1 is 1.09 bits per heavy atom. The number of aliphatic hydroxyl groups excluding tert-OH is 1. The summed E-state index contributed by atoms with van der Waals surface area (Å²) in [6.07, 6.45) is 13.4. The highest BCUT2D eigenvalue weighted by Crippen LogP contribution is 2.35. The van der Waals surface area contributed by atoms with Crippen LogP contribution in [0.2, 0.25) is 0 Å². The van der Waals surface area contributed by atoms with Gasteiger partial charge in [0, 0.05) is 0 Å². The van der Waals surface area contributed by atoms with Crippen molar-refractivity contribution in [1.29, 1.82) is 0 Å². The zero-order valence-electron chi connectivity index (χ0n) is 13.6. The van der Waals surface area contributed by atoms with Gasteiger partial charge >= 0.3 is 7.82 Å². The maximum Gasteiger partial charge on any atom is 0.469 e. The lowest BCUT2D eigenvalue weighted by atomic mass is 10.1. The Morgan fingerprint density at radius 3 is 2.18 bits per heavy atom. The highest BCUT2D eigenvalue weighted by Gasteiger charge is 2.19. The zero-order valence-corrected chi connectivity index (χ0v) is 14.5. The minimum absolute atomic E-state index is 0.381. The van der Waals surface area contributed by atoms with Crippen molar-refractivity contribution >= 4 is 7.82 Å². The van der Waals surface area contributed by atoms with Crippen LogP contribution >= 0.6 is 7.82 Å². The molecule has 0 radical (unpaired) electrons. The minimum atomic E-state index is -4.53. The molecule has 7 heteroatoms. The minimum Gasteiger partial charge on any atom is -0.387 e. The van der Waals surface area contributed by atoms with E-state index in [0.717, 1.165) is 12.8 Å². The topological polar surface area (TPSA) is 113 Å². The Bertz CT molecular complexity index is 332. The summed E-state index contributed by atoms with van der Waals surface area (Å²) in [4.78, 5) is 17.1. The SMILES string of the molecule is CCCCCCCCCC/C=C/[C@H](O)[C@@H](N)COP(=O)(O)O. The summed E-state index contributed by atoms with van der Waals surface area (Å²) in [5.74, 6) is 0. The van der Waals surface area contributed by atoms with Crippen LogP contribution in [0, 0.1) is 0 Å². The molecule has 0 fully saturated rings. The molecule has 22 heavy (non-hydrogen) atoms. The highest BCUT2D eigenvalue weighted by atomic mass is 31.2. The fourth-order valence-electron chi connectivity index (χ4n) is 2.06. The largest absolute Gasteiger partial charge is 0.469 e. The number of hydrogen-bond donors (Lipinski definition) is 4. The highest BCUT2D eigenvalue weighted by molar-refractivity contribution is 7.46. The molecule has 0 spiro atoms. The third-order valence-corrected chi connectivity index (χ3v) is 3.92. The molecule has 5 N–H and O–H groups in total. The summed E-state index contributed by atoms with van der Waals surface area (Å²) in [6.45, 7) is 1.83. The van der Waals surface area contributed by atoms with E-state index in [9.17, 15) is 9.67 Å². The van der Waals surface area contributed by atoms with E-state index in [-0.39, 0.29) is 6.61 Å². The van der Waals surface area contributed by atoms with Crippen LogP contribution in [0.5, 0.6) is 0 Å². The van der Waals surface area contributed by atoms with Crippen molar-refractivity contribution in [3.63, 3.8) is 0 Å². The Hall–Kier alpha value is -0.230. The van der Waals surface area contributed by atoms with Crippen LogP contribution in [0.25, 0.3) is 0 Å². The molecule has 0 saturated heterocycles. The Labute approximate surface area is 134 Å².